The SMILES string of the molecule is Cc1ccc(NS(=O)(=O)c2cc(C(=O)NCCCn3ccnc3)ccc2C)c(C)c1. The third kappa shape index (κ3) is 5.27. The Kier molecular flexibility index (Phi) is 6.56. The summed E-state index contributed by atoms with van der Waals surface area (Å²) in [6.45, 7) is 6.74. The molecule has 158 valence electrons. The Hall–Kier alpha value is -3.13. The highest BCUT2D eigenvalue weighted by Crippen LogP contribution is 2.23. The predicted molar refractivity (Wildman–Crippen MR) is 117 cm³/mol. The Morgan fingerprint density at radius 3 is 2.57 bits per heavy atom. The van der Waals surface area contributed by atoms with Gasteiger partial charge in [0.2, 0.25) is 0 Å². The number of nitrogens with zero attached hydrogens (tertiary/aromatic N) is 2. The standard InChI is InChI=1S/C22H26N4O3S/c1-16-5-8-20(18(3)13-16)25-30(28,29)21-14-19(7-6-17(21)2)22(27)24-9-4-11-26-12-10-23-15-26/h5-8,10,12-15,25H,4,9,11H2,1-3H3,(H,24,27). The number of anilines is 1. The number of aromatic nitrogens is 2. The van der Waals surface area contributed by atoms with Crippen molar-refractivity contribution < 1.29 is 13.2 Å². The van der Waals surface area contributed by atoms with Gasteiger partial charge >= 0.3 is 0 Å². The zero-order chi connectivity index (χ0) is 21.7. The van der Waals surface area contributed by atoms with Gasteiger partial charge in [-0.15, -0.1) is 0 Å². The molecule has 8 heteroatoms. The fourth-order valence-electron chi connectivity index (χ4n) is 3.14. The normalized spacial score (nSPS) is 11.3. The molecule has 2 N–H and O–H groups in total. The second-order valence-electron chi connectivity index (χ2n) is 7.31. The molecule has 0 aliphatic heterocycles. The number of aryl methyl sites for hydroxylation is 4. The Morgan fingerprint density at radius 1 is 1.07 bits per heavy atom. The van der Waals surface area contributed by atoms with Crippen molar-refractivity contribution in [3.63, 3.8) is 0 Å². The Bertz CT molecular complexity index is 1140. The molecule has 1 heterocycles. The highest BCUT2D eigenvalue weighted by Gasteiger charge is 2.20. The average molecular weight is 427 g/mol. The minimum Gasteiger partial charge on any atom is -0.352 e. The van der Waals surface area contributed by atoms with E-state index in [1.54, 1.807) is 37.6 Å². The van der Waals surface area contributed by atoms with Crippen molar-refractivity contribution in [2.24, 2.45) is 0 Å². The number of carbonyl (C=O) groups is 1. The van der Waals surface area contributed by atoms with Gasteiger partial charge in [-0.05, 0) is 56.5 Å². The van der Waals surface area contributed by atoms with Crippen molar-refractivity contribution in [2.75, 3.05) is 11.3 Å². The number of amides is 1. The second-order valence-corrected chi connectivity index (χ2v) is 8.96. The smallest absolute Gasteiger partial charge is 0.262 e. The maximum atomic E-state index is 13.0. The topological polar surface area (TPSA) is 93.1 Å². The first-order chi connectivity index (χ1) is 14.3. The third-order valence-corrected chi connectivity index (χ3v) is 6.31. The number of benzene rings is 2. The average Bonchev–Trinajstić information content (AvgIpc) is 3.21. The maximum absolute atomic E-state index is 13.0. The number of hydrogen-bond acceptors (Lipinski definition) is 4. The highest BCUT2D eigenvalue weighted by atomic mass is 32.2. The molecule has 2 aromatic carbocycles. The quantitative estimate of drug-likeness (QED) is 0.540. The van der Waals surface area contributed by atoms with Crippen molar-refractivity contribution in [2.45, 2.75) is 38.6 Å². The first-order valence-corrected chi connectivity index (χ1v) is 11.2. The van der Waals surface area contributed by atoms with E-state index in [2.05, 4.69) is 15.0 Å². The van der Waals surface area contributed by atoms with Crippen LogP contribution in [0.2, 0.25) is 0 Å². The van der Waals surface area contributed by atoms with Gasteiger partial charge in [-0.1, -0.05) is 23.8 Å². The maximum Gasteiger partial charge on any atom is 0.262 e. The molecule has 0 fully saturated rings. The minimum absolute atomic E-state index is 0.0912. The van der Waals surface area contributed by atoms with Crippen LogP contribution in [0.5, 0.6) is 0 Å². The molecular formula is C22H26N4O3S. The van der Waals surface area contributed by atoms with Gasteiger partial charge in [0.15, 0.2) is 0 Å². The van der Waals surface area contributed by atoms with Crippen LogP contribution in [0.1, 0.15) is 33.5 Å². The number of hydrogen-bond donors (Lipinski definition) is 2. The monoisotopic (exact) mass is 426 g/mol. The Labute approximate surface area is 177 Å². The van der Waals surface area contributed by atoms with E-state index in [9.17, 15) is 13.2 Å². The van der Waals surface area contributed by atoms with E-state index in [1.165, 1.54) is 6.07 Å². The van der Waals surface area contributed by atoms with Crippen molar-refractivity contribution in [3.8, 4) is 0 Å². The molecule has 0 aliphatic carbocycles. The second kappa shape index (κ2) is 9.13. The number of nitrogens with one attached hydrogen (secondary N) is 2. The van der Waals surface area contributed by atoms with Gasteiger partial charge in [-0.25, -0.2) is 13.4 Å². The lowest BCUT2D eigenvalue weighted by atomic mass is 10.1. The van der Waals surface area contributed by atoms with E-state index in [-0.39, 0.29) is 10.8 Å². The molecule has 7 nitrogen and oxygen atoms in total. The van der Waals surface area contributed by atoms with E-state index in [4.69, 9.17) is 0 Å². The van der Waals surface area contributed by atoms with Crippen LogP contribution in [0.25, 0.3) is 0 Å². The lowest BCUT2D eigenvalue weighted by molar-refractivity contribution is 0.0952. The lowest BCUT2D eigenvalue weighted by Gasteiger charge is -2.14. The number of carbonyl (C=O) groups excluding carboxylic acids is 1. The minimum atomic E-state index is -3.83. The molecular weight excluding hydrogens is 400 g/mol. The van der Waals surface area contributed by atoms with Crippen molar-refractivity contribution in [1.82, 2.24) is 14.9 Å². The van der Waals surface area contributed by atoms with Crippen LogP contribution in [-0.2, 0) is 16.6 Å². The predicted octanol–water partition coefficient (Wildman–Crippen LogP) is 3.43. The van der Waals surface area contributed by atoms with Crippen LogP contribution in [0, 0.1) is 20.8 Å². The number of imidazole rings is 1. The van der Waals surface area contributed by atoms with Gasteiger partial charge in [0.25, 0.3) is 15.9 Å². The summed E-state index contributed by atoms with van der Waals surface area (Å²) in [5.41, 5.74) is 3.30. The lowest BCUT2D eigenvalue weighted by Crippen LogP contribution is -2.25. The first-order valence-electron chi connectivity index (χ1n) is 9.71. The molecule has 0 radical (unpaired) electrons. The van der Waals surface area contributed by atoms with Crippen LogP contribution in [-0.4, -0.2) is 30.4 Å². The summed E-state index contributed by atoms with van der Waals surface area (Å²) in [6, 6.07) is 10.2. The van der Waals surface area contributed by atoms with Gasteiger partial charge in [0.05, 0.1) is 16.9 Å². The van der Waals surface area contributed by atoms with Gasteiger partial charge in [-0.2, -0.15) is 0 Å². The fourth-order valence-corrected chi connectivity index (χ4v) is 4.55. The zero-order valence-corrected chi connectivity index (χ0v) is 18.2. The third-order valence-electron chi connectivity index (χ3n) is 4.80. The Balaban J connectivity index is 1.70. The van der Waals surface area contributed by atoms with E-state index in [0.29, 0.717) is 23.4 Å². The molecule has 3 rings (SSSR count). The summed E-state index contributed by atoms with van der Waals surface area (Å²) in [6.07, 6.45) is 6.04. The van der Waals surface area contributed by atoms with Gasteiger partial charge in [-0.3, -0.25) is 9.52 Å². The summed E-state index contributed by atoms with van der Waals surface area (Å²) in [5, 5.41) is 2.84. The molecule has 1 amide bonds. The molecule has 30 heavy (non-hydrogen) atoms. The van der Waals surface area contributed by atoms with Crippen molar-refractivity contribution in [1.29, 1.82) is 0 Å². The summed E-state index contributed by atoms with van der Waals surface area (Å²) in [4.78, 5) is 16.6. The van der Waals surface area contributed by atoms with E-state index in [0.717, 1.165) is 24.1 Å². The molecule has 1 aromatic heterocycles. The molecule has 0 unspecified atom stereocenters. The first kappa shape index (κ1) is 21.6. The molecule has 0 aliphatic rings. The molecule has 0 bridgehead atoms. The Morgan fingerprint density at radius 2 is 1.87 bits per heavy atom. The summed E-state index contributed by atoms with van der Waals surface area (Å²) in [5.74, 6) is -0.302. The highest BCUT2D eigenvalue weighted by molar-refractivity contribution is 7.92. The summed E-state index contributed by atoms with van der Waals surface area (Å²) in [7, 11) is -3.83. The summed E-state index contributed by atoms with van der Waals surface area (Å²) < 4.78 is 30.5. The van der Waals surface area contributed by atoms with Crippen LogP contribution in [0.4, 0.5) is 5.69 Å². The number of rotatable bonds is 8. The molecule has 3 aromatic rings. The molecule has 0 saturated carbocycles. The van der Waals surface area contributed by atoms with Crippen LogP contribution >= 0.6 is 0 Å². The molecule has 0 spiro atoms. The van der Waals surface area contributed by atoms with E-state index < -0.39 is 10.0 Å². The van der Waals surface area contributed by atoms with Gasteiger partial charge in [0, 0.05) is 31.0 Å². The number of sulfonamides is 1. The van der Waals surface area contributed by atoms with Crippen molar-refractivity contribution >= 4 is 21.6 Å². The largest absolute Gasteiger partial charge is 0.352 e. The van der Waals surface area contributed by atoms with E-state index >= 15 is 0 Å². The summed E-state index contributed by atoms with van der Waals surface area (Å²) >= 11 is 0. The van der Waals surface area contributed by atoms with Gasteiger partial charge < -0.3 is 9.88 Å². The van der Waals surface area contributed by atoms with Crippen LogP contribution in [0.3, 0.4) is 0 Å². The zero-order valence-electron chi connectivity index (χ0n) is 17.3. The van der Waals surface area contributed by atoms with Crippen LogP contribution in [0.15, 0.2) is 60.0 Å². The fraction of sp³-hybridized carbons (Fsp3) is 0.273. The van der Waals surface area contributed by atoms with Gasteiger partial charge in [0.1, 0.15) is 0 Å². The van der Waals surface area contributed by atoms with E-state index in [1.807, 2.05) is 36.7 Å². The van der Waals surface area contributed by atoms with Crippen molar-refractivity contribution in [3.05, 3.63) is 77.4 Å². The van der Waals surface area contributed by atoms with Crippen LogP contribution < -0.4 is 10.0 Å². The molecule has 0 saturated heterocycles. The molecule has 0 atom stereocenters.